The minimum absolute atomic E-state index is 0.267. The van der Waals surface area contributed by atoms with Crippen LogP contribution in [0.4, 0.5) is 0 Å². The molecule has 2 aliphatic rings. The molecule has 0 aromatic heterocycles. The minimum atomic E-state index is 0.267. The van der Waals surface area contributed by atoms with Crippen molar-refractivity contribution in [2.45, 2.75) is 84.7 Å². The molecule has 140 valence electrons. The first-order valence-electron chi connectivity index (χ1n) is 9.96. The lowest BCUT2D eigenvalue weighted by atomic mass is 9.99. The lowest BCUT2D eigenvalue weighted by molar-refractivity contribution is -0.117. The molecular weight excluding hydrogens is 312 g/mol. The molecule has 2 unspecified atom stereocenters. The van der Waals surface area contributed by atoms with E-state index in [2.05, 4.69) is 37.5 Å². The van der Waals surface area contributed by atoms with E-state index in [-0.39, 0.29) is 11.6 Å². The Hall–Kier alpha value is -1.58. The number of rotatable bonds is 8. The van der Waals surface area contributed by atoms with Crippen LogP contribution in [-0.2, 0) is 9.59 Å². The van der Waals surface area contributed by atoms with E-state index in [9.17, 15) is 9.59 Å². The lowest BCUT2D eigenvalue weighted by Crippen LogP contribution is -2.42. The fourth-order valence-corrected chi connectivity index (χ4v) is 4.11. The van der Waals surface area contributed by atoms with Crippen molar-refractivity contribution < 1.29 is 9.59 Å². The SMILES string of the molecule is CCCC1=CC(=O)CC(C)N1CCCN1C(CCC)=CC(=O)CC1C. The summed E-state index contributed by atoms with van der Waals surface area (Å²) in [6, 6.07) is 0.593. The zero-order valence-corrected chi connectivity index (χ0v) is 16.4. The maximum Gasteiger partial charge on any atom is 0.159 e. The van der Waals surface area contributed by atoms with Gasteiger partial charge in [0, 0.05) is 61.6 Å². The monoisotopic (exact) mass is 346 g/mol. The number of hydrogen-bond donors (Lipinski definition) is 0. The van der Waals surface area contributed by atoms with Gasteiger partial charge in [0.05, 0.1) is 0 Å². The molecule has 4 nitrogen and oxygen atoms in total. The van der Waals surface area contributed by atoms with Crippen molar-refractivity contribution in [1.29, 1.82) is 0 Å². The summed E-state index contributed by atoms with van der Waals surface area (Å²) in [4.78, 5) is 28.6. The van der Waals surface area contributed by atoms with Gasteiger partial charge in [-0.3, -0.25) is 9.59 Å². The number of allylic oxidation sites excluding steroid dienone is 4. The van der Waals surface area contributed by atoms with Gasteiger partial charge < -0.3 is 9.80 Å². The smallest absolute Gasteiger partial charge is 0.159 e. The first-order valence-corrected chi connectivity index (χ1v) is 9.96. The molecular formula is C21H34N2O2. The molecule has 25 heavy (non-hydrogen) atoms. The van der Waals surface area contributed by atoms with E-state index < -0.39 is 0 Å². The molecule has 0 aliphatic carbocycles. The molecule has 0 saturated carbocycles. The van der Waals surface area contributed by atoms with E-state index in [4.69, 9.17) is 0 Å². The molecule has 0 bridgehead atoms. The molecule has 0 saturated heterocycles. The second-order valence-corrected chi connectivity index (χ2v) is 7.55. The Morgan fingerprint density at radius 3 is 1.60 bits per heavy atom. The van der Waals surface area contributed by atoms with Gasteiger partial charge in [0.15, 0.2) is 11.6 Å². The minimum Gasteiger partial charge on any atom is -0.371 e. The van der Waals surface area contributed by atoms with Crippen LogP contribution in [0.3, 0.4) is 0 Å². The van der Waals surface area contributed by atoms with Crippen LogP contribution in [0.25, 0.3) is 0 Å². The van der Waals surface area contributed by atoms with Crippen molar-refractivity contribution in [1.82, 2.24) is 9.80 Å². The summed E-state index contributed by atoms with van der Waals surface area (Å²) in [6.45, 7) is 10.6. The third kappa shape index (κ3) is 5.20. The summed E-state index contributed by atoms with van der Waals surface area (Å²) in [7, 11) is 0. The van der Waals surface area contributed by atoms with Crippen LogP contribution in [0.15, 0.2) is 23.5 Å². The Balaban J connectivity index is 1.98. The average Bonchev–Trinajstić information content (AvgIpc) is 2.52. The Morgan fingerprint density at radius 2 is 1.24 bits per heavy atom. The highest BCUT2D eigenvalue weighted by Crippen LogP contribution is 2.25. The maximum atomic E-state index is 11.9. The summed E-state index contributed by atoms with van der Waals surface area (Å²) < 4.78 is 0. The van der Waals surface area contributed by atoms with Crippen LogP contribution in [-0.4, -0.2) is 46.5 Å². The molecule has 0 N–H and O–H groups in total. The predicted octanol–water partition coefficient (Wildman–Crippen LogP) is 4.07. The van der Waals surface area contributed by atoms with Gasteiger partial charge in [-0.15, -0.1) is 0 Å². The highest BCUT2D eigenvalue weighted by atomic mass is 16.1. The maximum absolute atomic E-state index is 11.9. The second kappa shape index (κ2) is 9.21. The van der Waals surface area contributed by atoms with E-state index in [0.717, 1.165) is 45.2 Å². The predicted molar refractivity (Wildman–Crippen MR) is 102 cm³/mol. The van der Waals surface area contributed by atoms with Crippen molar-refractivity contribution in [3.8, 4) is 0 Å². The van der Waals surface area contributed by atoms with Gasteiger partial charge in [0.1, 0.15) is 0 Å². The summed E-state index contributed by atoms with van der Waals surface area (Å²) in [6.07, 6.45) is 10.1. The molecule has 2 aliphatic heterocycles. The van der Waals surface area contributed by atoms with Crippen LogP contribution in [0.1, 0.15) is 72.6 Å². The molecule has 0 radical (unpaired) electrons. The van der Waals surface area contributed by atoms with Gasteiger partial charge in [-0.25, -0.2) is 0 Å². The van der Waals surface area contributed by atoms with Gasteiger partial charge in [-0.1, -0.05) is 26.7 Å². The number of carbonyl (C=O) groups excluding carboxylic acids is 2. The van der Waals surface area contributed by atoms with Crippen molar-refractivity contribution in [2.75, 3.05) is 13.1 Å². The third-order valence-corrected chi connectivity index (χ3v) is 5.26. The Morgan fingerprint density at radius 1 is 0.840 bits per heavy atom. The van der Waals surface area contributed by atoms with E-state index >= 15 is 0 Å². The van der Waals surface area contributed by atoms with Crippen LogP contribution in [0.5, 0.6) is 0 Å². The quantitative estimate of drug-likeness (QED) is 0.664. The summed E-state index contributed by atoms with van der Waals surface area (Å²) >= 11 is 0. The molecule has 0 aromatic rings. The highest BCUT2D eigenvalue weighted by Gasteiger charge is 2.26. The van der Waals surface area contributed by atoms with E-state index in [1.807, 2.05) is 12.2 Å². The van der Waals surface area contributed by atoms with Crippen molar-refractivity contribution in [3.63, 3.8) is 0 Å². The molecule has 0 fully saturated rings. The molecule has 0 amide bonds. The van der Waals surface area contributed by atoms with Gasteiger partial charge in [-0.2, -0.15) is 0 Å². The molecule has 4 heteroatoms. The van der Waals surface area contributed by atoms with Gasteiger partial charge in [0.2, 0.25) is 0 Å². The van der Waals surface area contributed by atoms with E-state index in [1.165, 1.54) is 11.4 Å². The standard InChI is InChI=1S/C21H34N2O2/c1-5-8-18-14-20(24)12-16(3)22(18)10-7-11-23-17(4)13-21(25)15-19(23)9-6-2/h14-17H,5-13H2,1-4H3. The third-order valence-electron chi connectivity index (χ3n) is 5.26. The second-order valence-electron chi connectivity index (χ2n) is 7.55. The first kappa shape index (κ1) is 19.7. The molecule has 2 heterocycles. The molecule has 0 aromatic carbocycles. The zero-order valence-electron chi connectivity index (χ0n) is 16.4. The van der Waals surface area contributed by atoms with E-state index in [0.29, 0.717) is 24.9 Å². The summed E-state index contributed by atoms with van der Waals surface area (Å²) in [5, 5.41) is 0. The Bertz CT molecular complexity index is 502. The normalized spacial score (nSPS) is 24.5. The number of nitrogens with zero attached hydrogens (tertiary/aromatic N) is 2. The Labute approximate surface area is 152 Å². The average molecular weight is 347 g/mol. The highest BCUT2D eigenvalue weighted by molar-refractivity contribution is 5.92. The lowest BCUT2D eigenvalue weighted by Gasteiger charge is -2.39. The molecule has 0 spiro atoms. The summed E-state index contributed by atoms with van der Waals surface area (Å²) in [5.74, 6) is 0.534. The van der Waals surface area contributed by atoms with Crippen LogP contribution in [0, 0.1) is 0 Å². The van der Waals surface area contributed by atoms with Crippen LogP contribution >= 0.6 is 0 Å². The number of ketones is 2. The van der Waals surface area contributed by atoms with Crippen molar-refractivity contribution >= 4 is 11.6 Å². The van der Waals surface area contributed by atoms with Crippen LogP contribution < -0.4 is 0 Å². The fraction of sp³-hybridized carbons (Fsp3) is 0.714. The fourth-order valence-electron chi connectivity index (χ4n) is 4.11. The van der Waals surface area contributed by atoms with Gasteiger partial charge in [-0.05, 0) is 33.1 Å². The topological polar surface area (TPSA) is 40.6 Å². The first-order chi connectivity index (χ1) is 12.0. The summed E-state index contributed by atoms with van der Waals surface area (Å²) in [5.41, 5.74) is 2.41. The van der Waals surface area contributed by atoms with Crippen molar-refractivity contribution in [2.24, 2.45) is 0 Å². The zero-order chi connectivity index (χ0) is 18.4. The van der Waals surface area contributed by atoms with Gasteiger partial charge in [0.25, 0.3) is 0 Å². The van der Waals surface area contributed by atoms with Crippen molar-refractivity contribution in [3.05, 3.63) is 23.5 Å². The number of hydrogen-bond acceptors (Lipinski definition) is 4. The largest absolute Gasteiger partial charge is 0.371 e. The Kier molecular flexibility index (Phi) is 7.27. The van der Waals surface area contributed by atoms with Crippen LogP contribution in [0.2, 0.25) is 0 Å². The molecule has 2 atom stereocenters. The van der Waals surface area contributed by atoms with Gasteiger partial charge >= 0.3 is 0 Å². The number of carbonyl (C=O) groups is 2. The van der Waals surface area contributed by atoms with E-state index in [1.54, 1.807) is 0 Å². The molecule has 2 rings (SSSR count).